The minimum absolute atomic E-state index is 0.132. The smallest absolute Gasteiger partial charge is 0.341 e. The molecule has 30 heavy (non-hydrogen) atoms. The Bertz CT molecular complexity index is 974. The van der Waals surface area contributed by atoms with Crippen LogP contribution in [0.1, 0.15) is 57.8 Å². The number of carbonyl (C=O) groups is 2. The number of carbonyl (C=O) groups excluding carboxylic acids is 2. The number of thiophene rings is 1. The van der Waals surface area contributed by atoms with Crippen LogP contribution in [-0.4, -0.2) is 30.2 Å². The summed E-state index contributed by atoms with van der Waals surface area (Å²) in [5, 5.41) is 6.44. The van der Waals surface area contributed by atoms with Gasteiger partial charge in [-0.3, -0.25) is 10.1 Å². The zero-order chi connectivity index (χ0) is 21.7. The lowest BCUT2D eigenvalue weighted by atomic mass is 10.1. The third-order valence-corrected chi connectivity index (χ3v) is 6.54. The van der Waals surface area contributed by atoms with Gasteiger partial charge >= 0.3 is 5.97 Å². The number of ether oxygens (including phenoxy) is 2. The van der Waals surface area contributed by atoms with Crippen LogP contribution in [-0.2, 0) is 17.6 Å². The topological polar surface area (TPSA) is 76.7 Å². The highest BCUT2D eigenvalue weighted by atomic mass is 79.9. The highest BCUT2D eigenvalue weighted by Crippen LogP contribution is 2.39. The van der Waals surface area contributed by atoms with Crippen molar-refractivity contribution in [3.63, 3.8) is 0 Å². The average molecular weight is 511 g/mol. The van der Waals surface area contributed by atoms with Gasteiger partial charge in [-0.1, -0.05) is 6.92 Å². The lowest BCUT2D eigenvalue weighted by Gasteiger charge is -2.12. The molecule has 0 fully saturated rings. The second kappa shape index (κ2) is 10.4. The van der Waals surface area contributed by atoms with Gasteiger partial charge in [-0.2, -0.15) is 0 Å². The zero-order valence-electron chi connectivity index (χ0n) is 16.8. The first-order valence-electron chi connectivity index (χ1n) is 9.80. The van der Waals surface area contributed by atoms with E-state index in [-0.39, 0.29) is 17.0 Å². The number of benzene rings is 1. The number of anilines is 1. The van der Waals surface area contributed by atoms with Crippen LogP contribution < -0.4 is 15.4 Å². The maximum atomic E-state index is 12.6. The summed E-state index contributed by atoms with van der Waals surface area (Å²) in [5.41, 5.74) is 2.00. The van der Waals surface area contributed by atoms with Crippen LogP contribution in [0.5, 0.6) is 5.75 Å². The van der Waals surface area contributed by atoms with E-state index in [9.17, 15) is 9.59 Å². The molecule has 0 spiro atoms. The van der Waals surface area contributed by atoms with Gasteiger partial charge in [0.15, 0.2) is 5.11 Å². The monoisotopic (exact) mass is 510 g/mol. The normalized spacial score (nSPS) is 12.2. The molecule has 1 aliphatic carbocycles. The number of hydrogen-bond acceptors (Lipinski definition) is 6. The molecule has 6 nitrogen and oxygen atoms in total. The molecule has 0 atom stereocenters. The number of halogens is 1. The minimum Gasteiger partial charge on any atom is -0.492 e. The van der Waals surface area contributed by atoms with Crippen LogP contribution in [0.2, 0.25) is 0 Å². The van der Waals surface area contributed by atoms with Gasteiger partial charge in [0.25, 0.3) is 5.91 Å². The number of thiocarbonyl (C=S) groups is 1. The highest BCUT2D eigenvalue weighted by molar-refractivity contribution is 9.10. The first-order chi connectivity index (χ1) is 14.4. The number of fused-ring (bicyclic) bond motifs is 1. The van der Waals surface area contributed by atoms with E-state index in [1.807, 2.05) is 6.92 Å². The number of amides is 1. The summed E-state index contributed by atoms with van der Waals surface area (Å²) < 4.78 is 11.5. The van der Waals surface area contributed by atoms with E-state index in [0.29, 0.717) is 39.6 Å². The predicted octanol–water partition coefficient (Wildman–Crippen LogP) is 5.09. The van der Waals surface area contributed by atoms with Gasteiger partial charge in [0.05, 0.1) is 23.2 Å². The summed E-state index contributed by atoms with van der Waals surface area (Å²) in [6, 6.07) is 5.11. The number of nitrogens with one attached hydrogen (secondary N) is 2. The van der Waals surface area contributed by atoms with Crippen molar-refractivity contribution in [2.45, 2.75) is 39.5 Å². The molecule has 0 saturated carbocycles. The van der Waals surface area contributed by atoms with E-state index < -0.39 is 0 Å². The van der Waals surface area contributed by atoms with Crippen LogP contribution in [0, 0.1) is 0 Å². The second-order valence-electron chi connectivity index (χ2n) is 6.68. The van der Waals surface area contributed by atoms with Crippen molar-refractivity contribution in [3.8, 4) is 5.75 Å². The maximum absolute atomic E-state index is 12.6. The molecule has 1 aromatic carbocycles. The summed E-state index contributed by atoms with van der Waals surface area (Å²) >= 11 is 10.2. The average Bonchev–Trinajstić information content (AvgIpc) is 3.27. The molecule has 0 radical (unpaired) electrons. The summed E-state index contributed by atoms with van der Waals surface area (Å²) in [6.45, 7) is 4.71. The Balaban J connectivity index is 1.69. The number of esters is 1. The van der Waals surface area contributed by atoms with E-state index in [1.165, 1.54) is 16.2 Å². The van der Waals surface area contributed by atoms with E-state index >= 15 is 0 Å². The highest BCUT2D eigenvalue weighted by Gasteiger charge is 2.28. The van der Waals surface area contributed by atoms with Crippen LogP contribution >= 0.6 is 39.5 Å². The van der Waals surface area contributed by atoms with Gasteiger partial charge in [-0.05, 0) is 84.5 Å². The molecular weight excluding hydrogens is 488 g/mol. The Kier molecular flexibility index (Phi) is 7.85. The lowest BCUT2D eigenvalue weighted by Crippen LogP contribution is -2.34. The SMILES string of the molecule is CCCOc1ccc(C(=O)NC(=S)Nc2sc3c(c2C(=O)OCC)CCC3)cc1Br. The molecule has 1 aliphatic rings. The van der Waals surface area contributed by atoms with Gasteiger partial charge in [0.2, 0.25) is 0 Å². The van der Waals surface area contributed by atoms with E-state index in [0.717, 1.165) is 31.2 Å². The third-order valence-electron chi connectivity index (χ3n) is 4.51. The number of hydrogen-bond donors (Lipinski definition) is 2. The van der Waals surface area contributed by atoms with E-state index in [2.05, 4.69) is 26.6 Å². The maximum Gasteiger partial charge on any atom is 0.341 e. The lowest BCUT2D eigenvalue weighted by molar-refractivity contribution is 0.0527. The molecule has 2 N–H and O–H groups in total. The fraction of sp³-hybridized carbons (Fsp3) is 0.381. The Hall–Kier alpha value is -1.97. The molecule has 160 valence electrons. The van der Waals surface area contributed by atoms with Gasteiger partial charge in [0, 0.05) is 10.4 Å². The molecule has 1 aromatic heterocycles. The molecule has 0 bridgehead atoms. The predicted molar refractivity (Wildman–Crippen MR) is 126 cm³/mol. The van der Waals surface area contributed by atoms with Gasteiger partial charge in [0.1, 0.15) is 10.8 Å². The Morgan fingerprint density at radius 1 is 1.27 bits per heavy atom. The molecule has 0 aliphatic heterocycles. The van der Waals surface area contributed by atoms with E-state index in [4.69, 9.17) is 21.7 Å². The van der Waals surface area contributed by atoms with Gasteiger partial charge in [-0.25, -0.2) is 4.79 Å². The number of rotatable bonds is 7. The van der Waals surface area contributed by atoms with Crippen LogP contribution in [0.15, 0.2) is 22.7 Å². The van der Waals surface area contributed by atoms with E-state index in [1.54, 1.807) is 25.1 Å². The van der Waals surface area contributed by atoms with Crippen molar-refractivity contribution in [2.24, 2.45) is 0 Å². The van der Waals surface area contributed by atoms with Gasteiger partial charge < -0.3 is 14.8 Å². The standard InChI is InChI=1S/C21H23BrN2O4S2/c1-3-10-28-15-9-8-12(11-14(15)22)18(25)23-21(29)24-19-17(20(26)27-4-2)13-6-5-7-16(13)30-19/h8-9,11H,3-7,10H2,1-2H3,(H2,23,24,25,29). The van der Waals surface area contributed by atoms with Crippen molar-refractivity contribution in [1.82, 2.24) is 5.32 Å². The largest absolute Gasteiger partial charge is 0.492 e. The molecule has 1 amide bonds. The molecule has 3 rings (SSSR count). The minimum atomic E-state index is -0.361. The quantitative estimate of drug-likeness (QED) is 0.399. The molecule has 1 heterocycles. The summed E-state index contributed by atoms with van der Waals surface area (Å²) in [6.07, 6.45) is 3.71. The second-order valence-corrected chi connectivity index (χ2v) is 9.05. The zero-order valence-corrected chi connectivity index (χ0v) is 20.0. The van der Waals surface area contributed by atoms with Crippen molar-refractivity contribution >= 4 is 61.5 Å². The molecular formula is C21H23BrN2O4S2. The molecule has 9 heteroatoms. The Labute approximate surface area is 193 Å². The van der Waals surface area contributed by atoms with Crippen molar-refractivity contribution in [3.05, 3.63) is 44.2 Å². The van der Waals surface area contributed by atoms with Crippen molar-refractivity contribution < 1.29 is 19.1 Å². The Morgan fingerprint density at radius 2 is 2.07 bits per heavy atom. The Morgan fingerprint density at radius 3 is 2.77 bits per heavy atom. The van der Waals surface area contributed by atoms with Crippen molar-refractivity contribution in [1.29, 1.82) is 0 Å². The first-order valence-corrected chi connectivity index (χ1v) is 11.8. The number of aryl methyl sites for hydroxylation is 1. The molecule has 0 saturated heterocycles. The first kappa shape index (κ1) is 22.7. The third kappa shape index (κ3) is 5.19. The molecule has 0 unspecified atom stereocenters. The van der Waals surface area contributed by atoms with Gasteiger partial charge in [-0.15, -0.1) is 11.3 Å². The van der Waals surface area contributed by atoms with Crippen LogP contribution in [0.4, 0.5) is 5.00 Å². The summed E-state index contributed by atoms with van der Waals surface area (Å²) in [5.74, 6) is -0.0292. The molecule has 2 aromatic rings. The van der Waals surface area contributed by atoms with Crippen molar-refractivity contribution in [2.75, 3.05) is 18.5 Å². The fourth-order valence-corrected chi connectivity index (χ4v) is 5.23. The summed E-state index contributed by atoms with van der Waals surface area (Å²) in [4.78, 5) is 26.2. The summed E-state index contributed by atoms with van der Waals surface area (Å²) in [7, 11) is 0. The van der Waals surface area contributed by atoms with Crippen LogP contribution in [0.3, 0.4) is 0 Å². The fourth-order valence-electron chi connectivity index (χ4n) is 3.19. The van der Waals surface area contributed by atoms with Crippen LogP contribution in [0.25, 0.3) is 0 Å².